The maximum Gasteiger partial charge on any atom is 0.163 e. The van der Waals surface area contributed by atoms with Crippen LogP contribution in [-0.4, -0.2) is 23.2 Å². The van der Waals surface area contributed by atoms with Gasteiger partial charge in [0.05, 0.1) is 19.3 Å². The normalized spacial score (nSPS) is 22.9. The SMILES string of the molecule is N#CC1(c2nccc(C3CCC3)n2)COC1. The number of ether oxygens (including phenoxy) is 1. The topological polar surface area (TPSA) is 58.8 Å². The lowest BCUT2D eigenvalue weighted by Crippen LogP contribution is -2.47. The van der Waals surface area contributed by atoms with Gasteiger partial charge in [-0.3, -0.25) is 0 Å². The smallest absolute Gasteiger partial charge is 0.163 e. The summed E-state index contributed by atoms with van der Waals surface area (Å²) in [6.07, 6.45) is 5.49. The second-order valence-corrected chi connectivity index (χ2v) is 4.62. The first-order chi connectivity index (χ1) is 7.84. The minimum atomic E-state index is -0.584. The van der Waals surface area contributed by atoms with Gasteiger partial charge in [0.15, 0.2) is 11.2 Å². The molecule has 0 N–H and O–H groups in total. The minimum absolute atomic E-state index is 0.428. The molecule has 0 unspecified atom stereocenters. The third-order valence-corrected chi connectivity index (χ3v) is 3.54. The molecule has 4 nitrogen and oxygen atoms in total. The molecule has 1 saturated carbocycles. The molecular weight excluding hydrogens is 202 g/mol. The van der Waals surface area contributed by atoms with E-state index in [0.29, 0.717) is 25.0 Å². The molecule has 1 aromatic heterocycles. The van der Waals surface area contributed by atoms with E-state index in [9.17, 15) is 5.26 Å². The monoisotopic (exact) mass is 215 g/mol. The first-order valence-electron chi connectivity index (χ1n) is 5.66. The summed E-state index contributed by atoms with van der Waals surface area (Å²) in [5.41, 5.74) is 0.512. The Morgan fingerprint density at radius 2 is 2.25 bits per heavy atom. The molecule has 1 aliphatic heterocycles. The van der Waals surface area contributed by atoms with E-state index in [1.807, 2.05) is 6.07 Å². The lowest BCUT2D eigenvalue weighted by molar-refractivity contribution is -0.0340. The van der Waals surface area contributed by atoms with E-state index in [0.717, 1.165) is 5.69 Å². The Balaban J connectivity index is 1.92. The summed E-state index contributed by atoms with van der Waals surface area (Å²) in [5, 5.41) is 9.18. The van der Waals surface area contributed by atoms with E-state index in [4.69, 9.17) is 4.74 Å². The maximum absolute atomic E-state index is 9.18. The fourth-order valence-electron chi connectivity index (χ4n) is 2.08. The van der Waals surface area contributed by atoms with Crippen molar-refractivity contribution in [3.63, 3.8) is 0 Å². The molecule has 0 bridgehead atoms. The van der Waals surface area contributed by atoms with Gasteiger partial charge < -0.3 is 4.74 Å². The molecular formula is C12H13N3O. The van der Waals surface area contributed by atoms with Crippen molar-refractivity contribution in [2.24, 2.45) is 0 Å². The van der Waals surface area contributed by atoms with Crippen LogP contribution in [0.5, 0.6) is 0 Å². The molecule has 1 aliphatic carbocycles. The van der Waals surface area contributed by atoms with Crippen LogP contribution >= 0.6 is 0 Å². The van der Waals surface area contributed by atoms with Crippen molar-refractivity contribution in [2.75, 3.05) is 13.2 Å². The molecule has 1 saturated heterocycles. The summed E-state index contributed by atoms with van der Waals surface area (Å²) in [6, 6.07) is 4.25. The quantitative estimate of drug-likeness (QED) is 0.750. The van der Waals surface area contributed by atoms with Gasteiger partial charge in [0.1, 0.15) is 0 Å². The average Bonchev–Trinajstić information content (AvgIpc) is 2.15. The second-order valence-electron chi connectivity index (χ2n) is 4.62. The molecule has 4 heteroatoms. The van der Waals surface area contributed by atoms with Crippen molar-refractivity contribution in [2.45, 2.75) is 30.6 Å². The van der Waals surface area contributed by atoms with Gasteiger partial charge in [0.2, 0.25) is 0 Å². The van der Waals surface area contributed by atoms with Crippen molar-refractivity contribution in [3.05, 3.63) is 23.8 Å². The number of nitrogens with zero attached hydrogens (tertiary/aromatic N) is 3. The van der Waals surface area contributed by atoms with Crippen molar-refractivity contribution in [1.29, 1.82) is 5.26 Å². The zero-order valence-electron chi connectivity index (χ0n) is 9.02. The number of hydrogen-bond donors (Lipinski definition) is 0. The predicted octanol–water partition coefficient (Wildman–Crippen LogP) is 1.54. The van der Waals surface area contributed by atoms with Gasteiger partial charge in [0.25, 0.3) is 0 Å². The largest absolute Gasteiger partial charge is 0.377 e. The second kappa shape index (κ2) is 3.53. The molecule has 0 amide bonds. The molecule has 3 rings (SSSR count). The molecule has 2 heterocycles. The van der Waals surface area contributed by atoms with Crippen molar-refractivity contribution in [1.82, 2.24) is 9.97 Å². The Bertz CT molecular complexity index is 444. The molecule has 82 valence electrons. The lowest BCUT2D eigenvalue weighted by Gasteiger charge is -2.34. The minimum Gasteiger partial charge on any atom is -0.377 e. The van der Waals surface area contributed by atoms with Gasteiger partial charge in [-0.05, 0) is 18.9 Å². The molecule has 1 aromatic rings. The highest BCUT2D eigenvalue weighted by molar-refractivity contribution is 5.26. The van der Waals surface area contributed by atoms with Gasteiger partial charge in [-0.1, -0.05) is 6.42 Å². The van der Waals surface area contributed by atoms with Crippen molar-refractivity contribution in [3.8, 4) is 6.07 Å². The third kappa shape index (κ3) is 1.32. The lowest BCUT2D eigenvalue weighted by atomic mass is 9.82. The van der Waals surface area contributed by atoms with Crippen LogP contribution in [0.3, 0.4) is 0 Å². The summed E-state index contributed by atoms with van der Waals surface area (Å²) in [7, 11) is 0. The zero-order valence-corrected chi connectivity index (χ0v) is 9.02. The third-order valence-electron chi connectivity index (χ3n) is 3.54. The summed E-state index contributed by atoms with van der Waals surface area (Å²) in [5.74, 6) is 1.23. The van der Waals surface area contributed by atoms with Gasteiger partial charge in [-0.25, -0.2) is 9.97 Å². The Morgan fingerprint density at radius 1 is 1.44 bits per heavy atom. The summed E-state index contributed by atoms with van der Waals surface area (Å²) in [4.78, 5) is 8.78. The highest BCUT2D eigenvalue weighted by Gasteiger charge is 2.44. The Labute approximate surface area is 94.3 Å². The summed E-state index contributed by atoms with van der Waals surface area (Å²) < 4.78 is 5.12. The molecule has 16 heavy (non-hydrogen) atoms. The number of hydrogen-bond acceptors (Lipinski definition) is 4. The van der Waals surface area contributed by atoms with Crippen LogP contribution in [0.1, 0.15) is 36.7 Å². The van der Waals surface area contributed by atoms with Gasteiger partial charge >= 0.3 is 0 Å². The fourth-order valence-corrected chi connectivity index (χ4v) is 2.08. The predicted molar refractivity (Wildman–Crippen MR) is 56.7 cm³/mol. The molecule has 0 radical (unpaired) electrons. The van der Waals surface area contributed by atoms with Crippen LogP contribution in [0.4, 0.5) is 0 Å². The van der Waals surface area contributed by atoms with Crippen LogP contribution in [0.25, 0.3) is 0 Å². The van der Waals surface area contributed by atoms with Crippen LogP contribution < -0.4 is 0 Å². The molecule has 2 fully saturated rings. The van der Waals surface area contributed by atoms with Gasteiger partial charge in [0, 0.05) is 17.8 Å². The van der Waals surface area contributed by atoms with Crippen molar-refractivity contribution >= 4 is 0 Å². The Hall–Kier alpha value is -1.47. The van der Waals surface area contributed by atoms with E-state index >= 15 is 0 Å². The van der Waals surface area contributed by atoms with E-state index in [1.54, 1.807) is 6.20 Å². The standard InChI is InChI=1S/C12H13N3O/c13-6-12(7-16-8-12)11-14-5-4-10(15-11)9-2-1-3-9/h4-5,9H,1-3,7-8H2. The van der Waals surface area contributed by atoms with E-state index in [1.165, 1.54) is 19.3 Å². The maximum atomic E-state index is 9.18. The number of nitriles is 1. The average molecular weight is 215 g/mol. The van der Waals surface area contributed by atoms with Gasteiger partial charge in [-0.15, -0.1) is 0 Å². The Morgan fingerprint density at radius 3 is 2.75 bits per heavy atom. The fraction of sp³-hybridized carbons (Fsp3) is 0.583. The van der Waals surface area contributed by atoms with Crippen LogP contribution in [0.2, 0.25) is 0 Å². The zero-order chi connectivity index (χ0) is 11.0. The van der Waals surface area contributed by atoms with Crippen LogP contribution in [-0.2, 0) is 10.2 Å². The summed E-state index contributed by atoms with van der Waals surface area (Å²) in [6.45, 7) is 0.856. The van der Waals surface area contributed by atoms with E-state index in [2.05, 4.69) is 16.0 Å². The first-order valence-corrected chi connectivity index (χ1v) is 5.66. The Kier molecular flexibility index (Phi) is 2.15. The highest BCUT2D eigenvalue weighted by atomic mass is 16.5. The van der Waals surface area contributed by atoms with E-state index < -0.39 is 5.41 Å². The van der Waals surface area contributed by atoms with Crippen molar-refractivity contribution < 1.29 is 4.74 Å². The van der Waals surface area contributed by atoms with Gasteiger partial charge in [-0.2, -0.15) is 5.26 Å². The molecule has 0 spiro atoms. The summed E-state index contributed by atoms with van der Waals surface area (Å²) >= 11 is 0. The van der Waals surface area contributed by atoms with E-state index in [-0.39, 0.29) is 0 Å². The highest BCUT2D eigenvalue weighted by Crippen LogP contribution is 2.36. The first kappa shape index (κ1) is 9.73. The number of rotatable bonds is 2. The van der Waals surface area contributed by atoms with Crippen LogP contribution in [0.15, 0.2) is 12.3 Å². The van der Waals surface area contributed by atoms with Crippen LogP contribution in [0, 0.1) is 11.3 Å². The number of aromatic nitrogens is 2. The molecule has 0 aromatic carbocycles. The molecule has 2 aliphatic rings. The molecule has 0 atom stereocenters.